The van der Waals surface area contributed by atoms with E-state index in [0.717, 1.165) is 0 Å². The molecule has 0 unspecified atom stereocenters. The molecule has 2 aromatic rings. The number of aromatic nitrogens is 1. The average Bonchev–Trinajstić information content (AvgIpc) is 2.96. The third-order valence-corrected chi connectivity index (χ3v) is 5.23. The lowest BCUT2D eigenvalue weighted by atomic mass is 9.95. The zero-order valence-corrected chi connectivity index (χ0v) is 14.2. The number of carbonyl (C=O) groups excluding carboxylic acids is 1. The lowest BCUT2D eigenvalue weighted by Gasteiger charge is -2.36. The Morgan fingerprint density at radius 3 is 2.38 bits per heavy atom. The van der Waals surface area contributed by atoms with Crippen molar-refractivity contribution < 1.29 is 35.1 Å². The molecule has 8 nitrogen and oxygen atoms in total. The predicted octanol–water partition coefficient (Wildman–Crippen LogP) is 0.168. The van der Waals surface area contributed by atoms with E-state index in [1.807, 2.05) is 0 Å². The van der Waals surface area contributed by atoms with Crippen LogP contribution in [-0.2, 0) is 4.79 Å². The van der Waals surface area contributed by atoms with Gasteiger partial charge in [0, 0.05) is 22.7 Å². The Morgan fingerprint density at radius 2 is 1.79 bits per heavy atom. The quantitative estimate of drug-likeness (QED) is 0.287. The number of rotatable bonds is 6. The summed E-state index contributed by atoms with van der Waals surface area (Å²) in [5.74, 6) is -3.04. The average molecular weight is 423 g/mol. The first kappa shape index (κ1) is 18.8. The van der Waals surface area contributed by atoms with Crippen LogP contribution < -0.4 is 0 Å². The molecule has 6 N–H and O–H groups in total. The highest BCUT2D eigenvalue weighted by Crippen LogP contribution is 2.37. The van der Waals surface area contributed by atoms with Crippen LogP contribution in [0.2, 0.25) is 0 Å². The molecular formula is C14H13BrClNO7. The summed E-state index contributed by atoms with van der Waals surface area (Å²) in [6.07, 6.45) is -3.52. The number of aliphatic hydroxyl groups is 4. The van der Waals surface area contributed by atoms with Crippen molar-refractivity contribution in [3.63, 3.8) is 0 Å². The third kappa shape index (κ3) is 2.94. The maximum Gasteiger partial charge on any atom is 0.351 e. The minimum absolute atomic E-state index is 0.00180. The molecule has 0 saturated carbocycles. The Kier molecular flexibility index (Phi) is 5.05. The first-order valence-corrected chi connectivity index (χ1v) is 7.71. The molecule has 1 aromatic carbocycles. The van der Waals surface area contributed by atoms with Gasteiger partial charge in [0.1, 0.15) is 12.2 Å². The summed E-state index contributed by atoms with van der Waals surface area (Å²) in [7, 11) is 0. The number of aromatic amines is 1. The van der Waals surface area contributed by atoms with Crippen LogP contribution >= 0.6 is 27.5 Å². The molecule has 24 heavy (non-hydrogen) atoms. The number of nitrogens with one attached hydrogen (secondary N) is 1. The van der Waals surface area contributed by atoms with Crippen molar-refractivity contribution >= 4 is 50.2 Å². The maximum absolute atomic E-state index is 12.4. The second kappa shape index (κ2) is 6.43. The Bertz CT molecular complexity index is 788. The summed E-state index contributed by atoms with van der Waals surface area (Å²) in [6.45, 7) is 0. The Balaban J connectivity index is 2.35. The molecule has 0 radical (unpaired) electrons. The van der Waals surface area contributed by atoms with Crippen LogP contribution in [0.5, 0.6) is 0 Å². The molecule has 0 aliphatic heterocycles. The summed E-state index contributed by atoms with van der Waals surface area (Å²) in [5.41, 5.74) is 0.587. The van der Waals surface area contributed by atoms with Crippen LogP contribution in [0, 0.1) is 0 Å². The van der Waals surface area contributed by atoms with Gasteiger partial charge in [-0.1, -0.05) is 29.8 Å². The number of carboxylic acid groups (broad SMARTS) is 1. The van der Waals surface area contributed by atoms with Gasteiger partial charge in [-0.2, -0.15) is 0 Å². The van der Waals surface area contributed by atoms with E-state index in [2.05, 4.69) is 20.9 Å². The zero-order chi connectivity index (χ0) is 18.3. The molecule has 0 spiro atoms. The van der Waals surface area contributed by atoms with Gasteiger partial charge in [0.05, 0.1) is 0 Å². The zero-order valence-electron chi connectivity index (χ0n) is 11.8. The van der Waals surface area contributed by atoms with E-state index < -0.39 is 33.5 Å². The molecule has 2 rings (SSSR count). The van der Waals surface area contributed by atoms with Crippen LogP contribution in [0.4, 0.5) is 0 Å². The van der Waals surface area contributed by atoms with E-state index in [4.69, 9.17) is 16.7 Å². The van der Waals surface area contributed by atoms with Crippen molar-refractivity contribution in [1.29, 1.82) is 0 Å². The maximum atomic E-state index is 12.4. The highest BCUT2D eigenvalue weighted by molar-refractivity contribution is 9.10. The number of H-pyrrole nitrogens is 1. The highest BCUT2D eigenvalue weighted by Gasteiger charge is 2.60. The number of aliphatic hydroxyl groups excluding tert-OH is 2. The number of para-hydroxylation sites is 1. The van der Waals surface area contributed by atoms with Crippen LogP contribution in [0.25, 0.3) is 10.9 Å². The standard InChI is InChI=1S/C14H13BrClNO7/c15-13(23,12(21)22)14(16,24)11(20)10(19)9(18)7-5-17-8-4-2-1-3-6(7)8/h1-5,10-11,17,19-20,23-24H,(H,21,22)/t10-,11+,13+,14-/m0/s1. The van der Waals surface area contributed by atoms with Crippen molar-refractivity contribution in [3.8, 4) is 0 Å². The number of fused-ring (bicyclic) bond motifs is 1. The fourth-order valence-electron chi connectivity index (χ4n) is 2.13. The van der Waals surface area contributed by atoms with Gasteiger partial charge >= 0.3 is 5.97 Å². The second-order valence-electron chi connectivity index (χ2n) is 5.10. The number of Topliss-reactive ketones (excluding diaryl/α,β-unsaturated/α-hetero) is 1. The fourth-order valence-corrected chi connectivity index (χ4v) is 2.57. The molecule has 0 aliphatic rings. The first-order valence-electron chi connectivity index (χ1n) is 6.54. The molecule has 4 atom stereocenters. The van der Waals surface area contributed by atoms with Gasteiger partial charge < -0.3 is 30.5 Å². The SMILES string of the molecule is O=C(c1c[nH]c2ccccc12)[C@H](O)[C@@H](O)[C@@](O)(Cl)[C@@](O)(Br)C(=O)O. The van der Waals surface area contributed by atoms with Gasteiger partial charge in [0.25, 0.3) is 4.51 Å². The number of alkyl halides is 2. The summed E-state index contributed by atoms with van der Waals surface area (Å²) < 4.78 is -3.21. The topological polar surface area (TPSA) is 151 Å². The Morgan fingerprint density at radius 1 is 1.21 bits per heavy atom. The van der Waals surface area contributed by atoms with E-state index in [1.165, 1.54) is 6.20 Å². The summed E-state index contributed by atoms with van der Waals surface area (Å²) >= 11 is 7.76. The second-order valence-corrected chi connectivity index (χ2v) is 6.83. The minimum Gasteiger partial charge on any atom is -0.478 e. The molecule has 0 fully saturated rings. The van der Waals surface area contributed by atoms with Crippen molar-refractivity contribution in [2.45, 2.75) is 21.8 Å². The van der Waals surface area contributed by atoms with Crippen molar-refractivity contribution in [2.24, 2.45) is 0 Å². The van der Waals surface area contributed by atoms with E-state index in [1.54, 1.807) is 24.3 Å². The molecule has 0 saturated heterocycles. The number of carboxylic acids is 1. The molecule has 130 valence electrons. The Hall–Kier alpha value is -1.49. The van der Waals surface area contributed by atoms with E-state index in [9.17, 15) is 30.0 Å². The van der Waals surface area contributed by atoms with Crippen LogP contribution in [0.1, 0.15) is 10.4 Å². The lowest BCUT2D eigenvalue weighted by Crippen LogP contribution is -2.62. The van der Waals surface area contributed by atoms with Gasteiger partial charge in [0.15, 0.2) is 5.78 Å². The number of hydrogen-bond donors (Lipinski definition) is 6. The molecule has 0 amide bonds. The molecule has 1 heterocycles. The van der Waals surface area contributed by atoms with Crippen LogP contribution in [-0.4, -0.2) is 64.0 Å². The fraction of sp³-hybridized carbons (Fsp3) is 0.286. The van der Waals surface area contributed by atoms with Crippen molar-refractivity contribution in [2.75, 3.05) is 0 Å². The summed E-state index contributed by atoms with van der Waals surface area (Å²) in [4.78, 5) is 26.1. The minimum atomic E-state index is -3.29. The smallest absolute Gasteiger partial charge is 0.351 e. The van der Waals surface area contributed by atoms with E-state index >= 15 is 0 Å². The van der Waals surface area contributed by atoms with Gasteiger partial charge in [-0.05, 0) is 22.0 Å². The third-order valence-electron chi connectivity index (χ3n) is 3.56. The molecular weight excluding hydrogens is 410 g/mol. The van der Waals surface area contributed by atoms with Crippen molar-refractivity contribution in [3.05, 3.63) is 36.0 Å². The number of ketones is 1. The Labute approximate surface area is 148 Å². The van der Waals surface area contributed by atoms with E-state index in [0.29, 0.717) is 10.9 Å². The molecule has 0 aliphatic carbocycles. The molecule has 1 aromatic heterocycles. The van der Waals surface area contributed by atoms with Crippen LogP contribution in [0.3, 0.4) is 0 Å². The number of carbonyl (C=O) groups is 2. The van der Waals surface area contributed by atoms with Gasteiger partial charge in [-0.15, -0.1) is 0 Å². The number of hydrogen-bond acceptors (Lipinski definition) is 6. The van der Waals surface area contributed by atoms with Crippen LogP contribution in [0.15, 0.2) is 30.5 Å². The summed E-state index contributed by atoms with van der Waals surface area (Å²) in [6, 6.07) is 6.63. The monoisotopic (exact) mass is 421 g/mol. The van der Waals surface area contributed by atoms with Crippen molar-refractivity contribution in [1.82, 2.24) is 4.98 Å². The predicted molar refractivity (Wildman–Crippen MR) is 87.0 cm³/mol. The lowest BCUT2D eigenvalue weighted by molar-refractivity contribution is -0.174. The first-order chi connectivity index (χ1) is 11.0. The largest absolute Gasteiger partial charge is 0.478 e. The molecule has 10 heteroatoms. The number of halogens is 2. The number of aliphatic carboxylic acids is 1. The summed E-state index contributed by atoms with van der Waals surface area (Å²) in [5, 5.41) is 45.6. The normalized spacial score (nSPS) is 19.2. The number of benzene rings is 1. The van der Waals surface area contributed by atoms with Gasteiger partial charge in [0.2, 0.25) is 5.06 Å². The van der Waals surface area contributed by atoms with E-state index in [-0.39, 0.29) is 5.56 Å². The van der Waals surface area contributed by atoms with Gasteiger partial charge in [-0.25, -0.2) is 4.79 Å². The van der Waals surface area contributed by atoms with Gasteiger partial charge in [-0.3, -0.25) is 4.79 Å². The highest BCUT2D eigenvalue weighted by atomic mass is 79.9. The molecule has 0 bridgehead atoms.